The molecule has 6 nitrogen and oxygen atoms in total. The number of ether oxygens (including phenoxy) is 1. The van der Waals surface area contributed by atoms with E-state index in [1.807, 2.05) is 6.08 Å². The van der Waals surface area contributed by atoms with E-state index in [0.717, 1.165) is 49.9 Å². The Morgan fingerprint density at radius 3 is 2.22 bits per heavy atom. The molecular formula is C21H30N2O4. The topological polar surface area (TPSA) is 84.5 Å². The number of amides is 3. The molecule has 2 N–H and O–H groups in total. The van der Waals surface area contributed by atoms with Crippen molar-refractivity contribution in [2.75, 3.05) is 0 Å². The molecule has 5 aliphatic rings. The van der Waals surface area contributed by atoms with E-state index < -0.39 is 18.0 Å². The standard InChI is InChI=1S/C21H30N2O4/c1-13(27-19(25)17-5-3-2-4-6-17)18(24)22-20(26)23-21-10-14-7-15(11-21)9-16(8-14)12-21/h2-3,13-17H,4-12H2,1H3,(H2,22,23,24,26)/t13-,14?,15?,16?,17-,21?/m1/s1. The highest BCUT2D eigenvalue weighted by Gasteiger charge is 2.51. The van der Waals surface area contributed by atoms with E-state index in [1.54, 1.807) is 0 Å². The van der Waals surface area contributed by atoms with Gasteiger partial charge in [-0.25, -0.2) is 4.79 Å². The first-order valence-corrected chi connectivity index (χ1v) is 10.4. The van der Waals surface area contributed by atoms with E-state index in [0.29, 0.717) is 6.42 Å². The predicted octanol–water partition coefficient (Wildman–Crippen LogP) is 3.07. The van der Waals surface area contributed by atoms with Crippen LogP contribution < -0.4 is 10.6 Å². The molecule has 0 aliphatic heterocycles. The van der Waals surface area contributed by atoms with Gasteiger partial charge in [0.25, 0.3) is 5.91 Å². The maximum Gasteiger partial charge on any atom is 0.321 e. The lowest BCUT2D eigenvalue weighted by Crippen LogP contribution is -2.62. The van der Waals surface area contributed by atoms with Gasteiger partial charge in [-0.1, -0.05) is 12.2 Å². The molecule has 4 fully saturated rings. The zero-order valence-electron chi connectivity index (χ0n) is 16.0. The molecule has 4 saturated carbocycles. The summed E-state index contributed by atoms with van der Waals surface area (Å²) in [6, 6.07) is -0.453. The van der Waals surface area contributed by atoms with Gasteiger partial charge in [0.15, 0.2) is 6.10 Å². The molecule has 3 amide bonds. The van der Waals surface area contributed by atoms with Crippen molar-refractivity contribution in [3.63, 3.8) is 0 Å². The zero-order chi connectivity index (χ0) is 19.0. The number of hydrogen-bond donors (Lipinski definition) is 2. The predicted molar refractivity (Wildman–Crippen MR) is 99.6 cm³/mol. The summed E-state index contributed by atoms with van der Waals surface area (Å²) < 4.78 is 5.28. The number of hydrogen-bond acceptors (Lipinski definition) is 4. The summed E-state index contributed by atoms with van der Waals surface area (Å²) in [5.74, 6) is 1.05. The van der Waals surface area contributed by atoms with E-state index in [1.165, 1.54) is 26.2 Å². The van der Waals surface area contributed by atoms with Crippen LogP contribution in [0.15, 0.2) is 12.2 Å². The summed E-state index contributed by atoms with van der Waals surface area (Å²) in [6.45, 7) is 1.52. The Kier molecular flexibility index (Phi) is 4.99. The second kappa shape index (κ2) is 7.28. The minimum Gasteiger partial charge on any atom is -0.452 e. The van der Waals surface area contributed by atoms with Crippen molar-refractivity contribution in [2.45, 2.75) is 76.4 Å². The zero-order valence-corrected chi connectivity index (χ0v) is 16.0. The average Bonchev–Trinajstić information content (AvgIpc) is 2.60. The van der Waals surface area contributed by atoms with Gasteiger partial charge in [0.2, 0.25) is 0 Å². The fourth-order valence-corrected chi connectivity index (χ4v) is 6.08. The molecule has 0 heterocycles. The van der Waals surface area contributed by atoms with Crippen LogP contribution in [0.5, 0.6) is 0 Å². The number of urea groups is 1. The van der Waals surface area contributed by atoms with Crippen molar-refractivity contribution in [3.8, 4) is 0 Å². The van der Waals surface area contributed by atoms with Gasteiger partial charge in [-0.2, -0.15) is 0 Å². The first kappa shape index (κ1) is 18.5. The molecule has 0 aromatic heterocycles. The van der Waals surface area contributed by atoms with Crippen molar-refractivity contribution < 1.29 is 19.1 Å². The molecule has 0 aromatic rings. The Hall–Kier alpha value is -1.85. The third-order valence-electron chi connectivity index (χ3n) is 6.92. The minimum absolute atomic E-state index is 0.145. The highest BCUT2D eigenvalue weighted by Crippen LogP contribution is 2.55. The van der Waals surface area contributed by atoms with E-state index >= 15 is 0 Å². The molecule has 5 rings (SSSR count). The molecule has 0 unspecified atom stereocenters. The van der Waals surface area contributed by atoms with E-state index in [2.05, 4.69) is 16.7 Å². The Morgan fingerprint density at radius 2 is 1.67 bits per heavy atom. The molecule has 27 heavy (non-hydrogen) atoms. The number of esters is 1. The van der Waals surface area contributed by atoms with Crippen LogP contribution in [0, 0.1) is 23.7 Å². The summed E-state index contributed by atoms with van der Waals surface area (Å²) in [7, 11) is 0. The lowest BCUT2D eigenvalue weighted by molar-refractivity contribution is -0.158. The van der Waals surface area contributed by atoms with Crippen molar-refractivity contribution in [2.24, 2.45) is 23.7 Å². The Balaban J connectivity index is 1.27. The number of carbonyl (C=O) groups is 3. The van der Waals surface area contributed by atoms with Crippen LogP contribution in [0.1, 0.15) is 64.7 Å². The van der Waals surface area contributed by atoms with Crippen molar-refractivity contribution in [1.82, 2.24) is 10.6 Å². The molecule has 0 radical (unpaired) electrons. The monoisotopic (exact) mass is 374 g/mol. The van der Waals surface area contributed by atoms with Gasteiger partial charge in [-0.3, -0.25) is 14.9 Å². The molecule has 0 saturated heterocycles. The molecule has 0 aromatic carbocycles. The van der Waals surface area contributed by atoms with Crippen LogP contribution in [0.4, 0.5) is 4.79 Å². The highest BCUT2D eigenvalue weighted by atomic mass is 16.5. The molecular weight excluding hydrogens is 344 g/mol. The average molecular weight is 374 g/mol. The highest BCUT2D eigenvalue weighted by molar-refractivity contribution is 5.97. The van der Waals surface area contributed by atoms with E-state index in [9.17, 15) is 14.4 Å². The maximum absolute atomic E-state index is 12.4. The number of allylic oxidation sites excluding steroid dienone is 2. The second-order valence-corrected chi connectivity index (χ2v) is 9.20. The SMILES string of the molecule is C[C@@H](OC(=O)[C@@H]1CC=CCC1)C(=O)NC(=O)NC12CC3CC(CC(C3)C1)C2. The first-order chi connectivity index (χ1) is 12.9. The van der Waals surface area contributed by atoms with Gasteiger partial charge in [-0.05, 0) is 82.5 Å². The Labute approximate surface area is 160 Å². The molecule has 2 atom stereocenters. The lowest BCUT2D eigenvalue weighted by Gasteiger charge is -2.56. The minimum atomic E-state index is -0.967. The van der Waals surface area contributed by atoms with Crippen LogP contribution in [-0.2, 0) is 14.3 Å². The molecule has 5 aliphatic carbocycles. The van der Waals surface area contributed by atoms with Crippen molar-refractivity contribution in [1.29, 1.82) is 0 Å². The summed E-state index contributed by atoms with van der Waals surface area (Å²) in [5, 5.41) is 5.49. The summed E-state index contributed by atoms with van der Waals surface area (Å²) in [4.78, 5) is 36.9. The van der Waals surface area contributed by atoms with Gasteiger partial charge in [0.1, 0.15) is 0 Å². The fourth-order valence-electron chi connectivity index (χ4n) is 6.08. The van der Waals surface area contributed by atoms with Gasteiger partial charge >= 0.3 is 12.0 Å². The van der Waals surface area contributed by atoms with Crippen LogP contribution >= 0.6 is 0 Å². The quantitative estimate of drug-likeness (QED) is 0.585. The Morgan fingerprint density at radius 1 is 1.04 bits per heavy atom. The number of carbonyl (C=O) groups excluding carboxylic acids is 3. The van der Waals surface area contributed by atoms with Crippen LogP contribution in [0.2, 0.25) is 0 Å². The van der Waals surface area contributed by atoms with Gasteiger partial charge in [0.05, 0.1) is 5.92 Å². The van der Waals surface area contributed by atoms with Gasteiger partial charge in [0, 0.05) is 5.54 Å². The van der Waals surface area contributed by atoms with Crippen LogP contribution in [-0.4, -0.2) is 29.6 Å². The number of imide groups is 1. The van der Waals surface area contributed by atoms with Gasteiger partial charge < -0.3 is 10.1 Å². The molecule has 6 heteroatoms. The number of nitrogens with one attached hydrogen (secondary N) is 2. The smallest absolute Gasteiger partial charge is 0.321 e. The Bertz CT molecular complexity index is 621. The largest absolute Gasteiger partial charge is 0.452 e. The molecule has 4 bridgehead atoms. The van der Waals surface area contributed by atoms with Crippen molar-refractivity contribution >= 4 is 17.9 Å². The van der Waals surface area contributed by atoms with Crippen LogP contribution in [0.25, 0.3) is 0 Å². The van der Waals surface area contributed by atoms with E-state index in [4.69, 9.17) is 4.74 Å². The molecule has 0 spiro atoms. The third-order valence-corrected chi connectivity index (χ3v) is 6.92. The normalized spacial score (nSPS) is 37.5. The molecule has 148 valence electrons. The fraction of sp³-hybridized carbons (Fsp3) is 0.762. The van der Waals surface area contributed by atoms with Crippen LogP contribution in [0.3, 0.4) is 0 Å². The maximum atomic E-state index is 12.4. The summed E-state index contributed by atoms with van der Waals surface area (Å²) in [6.07, 6.45) is 12.3. The van der Waals surface area contributed by atoms with E-state index in [-0.39, 0.29) is 17.4 Å². The number of rotatable bonds is 4. The first-order valence-electron chi connectivity index (χ1n) is 10.4. The summed E-state index contributed by atoms with van der Waals surface area (Å²) >= 11 is 0. The third kappa shape index (κ3) is 4.04. The van der Waals surface area contributed by atoms with Gasteiger partial charge in [-0.15, -0.1) is 0 Å². The second-order valence-electron chi connectivity index (χ2n) is 9.20. The summed E-state index contributed by atoms with van der Waals surface area (Å²) in [5.41, 5.74) is -0.145. The lowest BCUT2D eigenvalue weighted by atomic mass is 9.53. The van der Waals surface area contributed by atoms with Crippen molar-refractivity contribution in [3.05, 3.63) is 12.2 Å².